The molecule has 5 rings (SSSR count). The fourth-order valence-corrected chi connectivity index (χ4v) is 3.59. The zero-order valence-electron chi connectivity index (χ0n) is 16.1. The molecule has 29 heavy (non-hydrogen) atoms. The molecule has 1 aromatic heterocycles. The summed E-state index contributed by atoms with van der Waals surface area (Å²) in [6, 6.07) is 15.7. The lowest BCUT2D eigenvalue weighted by molar-refractivity contribution is -0.0755. The predicted octanol–water partition coefficient (Wildman–Crippen LogP) is 3.18. The van der Waals surface area contributed by atoms with Gasteiger partial charge in [-0.25, -0.2) is 0 Å². The summed E-state index contributed by atoms with van der Waals surface area (Å²) in [4.78, 5) is 0. The van der Waals surface area contributed by atoms with Gasteiger partial charge in [-0.2, -0.15) is 0 Å². The molecular formula is C22H22N2O5. The maximum absolute atomic E-state index is 5.56. The fourth-order valence-electron chi connectivity index (χ4n) is 3.59. The molecule has 0 saturated carbocycles. The highest BCUT2D eigenvalue weighted by atomic mass is 16.7. The van der Waals surface area contributed by atoms with Gasteiger partial charge in [0.25, 0.3) is 0 Å². The third-order valence-corrected chi connectivity index (χ3v) is 5.31. The molecule has 0 unspecified atom stereocenters. The van der Waals surface area contributed by atoms with E-state index in [0.717, 1.165) is 46.3 Å². The summed E-state index contributed by atoms with van der Waals surface area (Å²) in [5, 5.41) is 7.90. The van der Waals surface area contributed by atoms with Gasteiger partial charge in [0, 0.05) is 24.6 Å². The van der Waals surface area contributed by atoms with Crippen LogP contribution in [0.4, 0.5) is 0 Å². The molecule has 1 fully saturated rings. The maximum atomic E-state index is 5.56. The summed E-state index contributed by atoms with van der Waals surface area (Å²) >= 11 is 0. The topological polar surface area (TPSA) is 75.0 Å². The predicted molar refractivity (Wildman–Crippen MR) is 105 cm³/mol. The van der Waals surface area contributed by atoms with Gasteiger partial charge in [0.15, 0.2) is 17.3 Å². The Bertz CT molecular complexity index is 995. The number of hydrogen-bond donors (Lipinski definition) is 1. The molecule has 0 aliphatic carbocycles. The van der Waals surface area contributed by atoms with E-state index in [1.165, 1.54) is 0 Å². The second kappa shape index (κ2) is 7.42. The number of benzene rings is 2. The third kappa shape index (κ3) is 3.66. The van der Waals surface area contributed by atoms with E-state index in [1.54, 1.807) is 7.11 Å². The van der Waals surface area contributed by atoms with Crippen LogP contribution in [0.2, 0.25) is 0 Å². The SMILES string of the molecule is COc1ccc(-c2cc(CC3(NCc4ccc5c(c4)OCO5)COC3)no2)cc1. The van der Waals surface area contributed by atoms with Crippen LogP contribution in [0.25, 0.3) is 11.3 Å². The summed E-state index contributed by atoms with van der Waals surface area (Å²) < 4.78 is 27.1. The molecule has 0 spiro atoms. The zero-order chi connectivity index (χ0) is 19.7. The van der Waals surface area contributed by atoms with E-state index in [2.05, 4.69) is 10.5 Å². The van der Waals surface area contributed by atoms with E-state index in [9.17, 15) is 0 Å². The molecule has 2 aromatic carbocycles. The molecule has 2 aliphatic rings. The number of ether oxygens (including phenoxy) is 4. The first-order valence-corrected chi connectivity index (χ1v) is 9.54. The Morgan fingerprint density at radius 1 is 1.03 bits per heavy atom. The summed E-state index contributed by atoms with van der Waals surface area (Å²) in [5.41, 5.74) is 2.86. The van der Waals surface area contributed by atoms with Crippen molar-refractivity contribution in [2.45, 2.75) is 18.5 Å². The van der Waals surface area contributed by atoms with E-state index in [-0.39, 0.29) is 12.3 Å². The van der Waals surface area contributed by atoms with Gasteiger partial charge >= 0.3 is 0 Å². The van der Waals surface area contributed by atoms with Gasteiger partial charge in [-0.3, -0.25) is 0 Å². The standard InChI is InChI=1S/C22H22N2O5/c1-25-18-5-3-16(4-6-18)20-9-17(24-29-20)10-22(12-26-13-22)23-11-15-2-7-19-21(8-15)28-14-27-19/h2-9,23H,10-14H2,1H3. The molecule has 0 atom stereocenters. The van der Waals surface area contributed by atoms with Crippen molar-refractivity contribution in [3.8, 4) is 28.6 Å². The molecule has 0 amide bonds. The van der Waals surface area contributed by atoms with E-state index in [4.69, 9.17) is 23.5 Å². The molecule has 2 aliphatic heterocycles. The molecule has 1 N–H and O–H groups in total. The lowest BCUT2D eigenvalue weighted by atomic mass is 9.90. The van der Waals surface area contributed by atoms with Crippen LogP contribution in [-0.2, 0) is 17.7 Å². The van der Waals surface area contributed by atoms with Gasteiger partial charge in [0.05, 0.1) is 31.6 Å². The van der Waals surface area contributed by atoms with Crippen LogP contribution in [0.3, 0.4) is 0 Å². The van der Waals surface area contributed by atoms with E-state index >= 15 is 0 Å². The normalized spacial score (nSPS) is 16.4. The molecule has 0 bridgehead atoms. The van der Waals surface area contributed by atoms with Gasteiger partial charge < -0.3 is 28.8 Å². The van der Waals surface area contributed by atoms with Gasteiger partial charge in [-0.05, 0) is 42.0 Å². The number of methoxy groups -OCH3 is 1. The van der Waals surface area contributed by atoms with Crippen molar-refractivity contribution >= 4 is 0 Å². The van der Waals surface area contributed by atoms with Gasteiger partial charge in [-0.1, -0.05) is 11.2 Å². The zero-order valence-corrected chi connectivity index (χ0v) is 16.1. The first-order valence-electron chi connectivity index (χ1n) is 9.54. The second-order valence-electron chi connectivity index (χ2n) is 7.40. The first kappa shape index (κ1) is 18.0. The summed E-state index contributed by atoms with van der Waals surface area (Å²) in [7, 11) is 1.65. The summed E-state index contributed by atoms with van der Waals surface area (Å²) in [5.74, 6) is 3.15. The molecule has 3 heterocycles. The van der Waals surface area contributed by atoms with Gasteiger partial charge in [0.1, 0.15) is 5.75 Å². The third-order valence-electron chi connectivity index (χ3n) is 5.31. The minimum absolute atomic E-state index is 0.148. The average Bonchev–Trinajstić information content (AvgIpc) is 3.39. The molecule has 7 nitrogen and oxygen atoms in total. The number of rotatable bonds is 7. The van der Waals surface area contributed by atoms with Gasteiger partial charge in [0.2, 0.25) is 6.79 Å². The van der Waals surface area contributed by atoms with Crippen LogP contribution < -0.4 is 19.5 Å². The summed E-state index contributed by atoms with van der Waals surface area (Å²) in [6.07, 6.45) is 0.733. The van der Waals surface area contributed by atoms with Crippen LogP contribution in [0, 0.1) is 0 Å². The van der Waals surface area contributed by atoms with Crippen molar-refractivity contribution in [2.75, 3.05) is 27.1 Å². The Balaban J connectivity index is 1.25. The Kier molecular flexibility index (Phi) is 4.61. The van der Waals surface area contributed by atoms with E-state index in [0.29, 0.717) is 19.8 Å². The molecular weight excluding hydrogens is 372 g/mol. The van der Waals surface area contributed by atoms with Crippen LogP contribution in [0.5, 0.6) is 17.2 Å². The van der Waals surface area contributed by atoms with Crippen molar-refractivity contribution in [1.29, 1.82) is 0 Å². The molecule has 1 saturated heterocycles. The maximum Gasteiger partial charge on any atom is 0.231 e. The molecule has 0 radical (unpaired) electrons. The summed E-state index contributed by atoms with van der Waals surface area (Å²) in [6.45, 7) is 2.28. The van der Waals surface area contributed by atoms with E-state index in [1.807, 2.05) is 48.5 Å². The fraction of sp³-hybridized carbons (Fsp3) is 0.318. The van der Waals surface area contributed by atoms with Crippen molar-refractivity contribution in [3.63, 3.8) is 0 Å². The monoisotopic (exact) mass is 394 g/mol. The number of aromatic nitrogens is 1. The Labute approximate surface area is 168 Å². The smallest absolute Gasteiger partial charge is 0.231 e. The van der Waals surface area contributed by atoms with Crippen LogP contribution in [0.1, 0.15) is 11.3 Å². The molecule has 3 aromatic rings. The number of hydrogen-bond acceptors (Lipinski definition) is 7. The largest absolute Gasteiger partial charge is 0.497 e. The van der Waals surface area contributed by atoms with Crippen LogP contribution in [0.15, 0.2) is 53.1 Å². The number of nitrogens with zero attached hydrogens (tertiary/aromatic N) is 1. The second-order valence-corrected chi connectivity index (χ2v) is 7.40. The highest BCUT2D eigenvalue weighted by Gasteiger charge is 2.39. The van der Waals surface area contributed by atoms with Gasteiger partial charge in [-0.15, -0.1) is 0 Å². The Morgan fingerprint density at radius 3 is 2.62 bits per heavy atom. The highest BCUT2D eigenvalue weighted by Crippen LogP contribution is 2.33. The van der Waals surface area contributed by atoms with Crippen LogP contribution >= 0.6 is 0 Å². The number of nitrogens with one attached hydrogen (secondary N) is 1. The first-order chi connectivity index (χ1) is 14.2. The van der Waals surface area contributed by atoms with Crippen LogP contribution in [-0.4, -0.2) is 37.8 Å². The minimum atomic E-state index is -0.148. The lowest BCUT2D eigenvalue weighted by Crippen LogP contribution is -2.61. The molecule has 150 valence electrons. The minimum Gasteiger partial charge on any atom is -0.497 e. The van der Waals surface area contributed by atoms with Crippen molar-refractivity contribution in [3.05, 3.63) is 59.8 Å². The number of fused-ring (bicyclic) bond motifs is 1. The van der Waals surface area contributed by atoms with Crippen molar-refractivity contribution in [2.24, 2.45) is 0 Å². The molecule has 7 heteroatoms. The van der Waals surface area contributed by atoms with Crippen molar-refractivity contribution in [1.82, 2.24) is 10.5 Å². The Hall–Kier alpha value is -3.03. The van der Waals surface area contributed by atoms with E-state index < -0.39 is 0 Å². The quantitative estimate of drug-likeness (QED) is 0.660. The average molecular weight is 394 g/mol. The lowest BCUT2D eigenvalue weighted by Gasteiger charge is -2.42. The Morgan fingerprint density at radius 2 is 1.86 bits per heavy atom. The highest BCUT2D eigenvalue weighted by molar-refractivity contribution is 5.58. The van der Waals surface area contributed by atoms with Crippen molar-refractivity contribution < 1.29 is 23.5 Å².